The molecule has 0 aromatic heterocycles. The van der Waals surface area contributed by atoms with Crippen LogP contribution < -0.4 is 5.32 Å². The van der Waals surface area contributed by atoms with Crippen molar-refractivity contribution in [2.45, 2.75) is 31.7 Å². The topological polar surface area (TPSA) is 32.3 Å². The van der Waals surface area contributed by atoms with Gasteiger partial charge in [0.25, 0.3) is 5.91 Å². The van der Waals surface area contributed by atoms with E-state index in [0.29, 0.717) is 6.04 Å². The van der Waals surface area contributed by atoms with Crippen LogP contribution in [0.25, 0.3) is 0 Å². The molecule has 1 aliphatic heterocycles. The van der Waals surface area contributed by atoms with Crippen LogP contribution in [0, 0.1) is 0 Å². The maximum atomic E-state index is 11.8. The molecular formula is C15H22N2O. The number of nitrogens with one attached hydrogen (secondary N) is 1. The first-order valence-corrected chi connectivity index (χ1v) is 6.81. The van der Waals surface area contributed by atoms with Gasteiger partial charge in [0.1, 0.15) is 0 Å². The number of amides is 1. The number of benzene rings is 1. The Labute approximate surface area is 109 Å². The summed E-state index contributed by atoms with van der Waals surface area (Å²) in [6.45, 7) is 1.96. The highest BCUT2D eigenvalue weighted by atomic mass is 16.1. The fraction of sp³-hybridized carbons (Fsp3) is 0.533. The summed E-state index contributed by atoms with van der Waals surface area (Å²) in [5, 5.41) is 3.00. The molecule has 98 valence electrons. The molecule has 0 radical (unpaired) electrons. The van der Waals surface area contributed by atoms with E-state index in [2.05, 4.69) is 17.3 Å². The first-order valence-electron chi connectivity index (χ1n) is 6.81. The summed E-state index contributed by atoms with van der Waals surface area (Å²) in [6.07, 6.45) is 4.94. The lowest BCUT2D eigenvalue weighted by atomic mass is 10.0. The highest BCUT2D eigenvalue weighted by molar-refractivity contribution is 5.94. The van der Waals surface area contributed by atoms with Crippen molar-refractivity contribution in [3.05, 3.63) is 35.9 Å². The first-order chi connectivity index (χ1) is 8.77. The number of likely N-dealkylation sites (tertiary alicyclic amines) is 1. The van der Waals surface area contributed by atoms with Crippen molar-refractivity contribution in [1.29, 1.82) is 0 Å². The van der Waals surface area contributed by atoms with Crippen molar-refractivity contribution in [3.63, 3.8) is 0 Å². The summed E-state index contributed by atoms with van der Waals surface area (Å²) in [5.74, 6) is 0.0362. The summed E-state index contributed by atoms with van der Waals surface area (Å²) < 4.78 is 0. The van der Waals surface area contributed by atoms with Gasteiger partial charge in [-0.3, -0.25) is 4.79 Å². The van der Waals surface area contributed by atoms with Gasteiger partial charge in [-0.15, -0.1) is 0 Å². The van der Waals surface area contributed by atoms with Crippen molar-refractivity contribution in [3.8, 4) is 0 Å². The summed E-state index contributed by atoms with van der Waals surface area (Å²) in [7, 11) is 2.18. The minimum absolute atomic E-state index is 0.0362. The van der Waals surface area contributed by atoms with E-state index in [1.807, 2.05) is 30.3 Å². The molecular weight excluding hydrogens is 224 g/mol. The highest BCUT2D eigenvalue weighted by Crippen LogP contribution is 2.17. The molecule has 0 aliphatic carbocycles. The van der Waals surface area contributed by atoms with Crippen molar-refractivity contribution < 1.29 is 4.79 Å². The van der Waals surface area contributed by atoms with E-state index in [1.54, 1.807) is 0 Å². The van der Waals surface area contributed by atoms with Crippen LogP contribution in [-0.2, 0) is 0 Å². The lowest BCUT2D eigenvalue weighted by molar-refractivity contribution is 0.0945. The van der Waals surface area contributed by atoms with Crippen molar-refractivity contribution in [2.75, 3.05) is 20.1 Å². The molecule has 1 aromatic carbocycles. The van der Waals surface area contributed by atoms with Crippen LogP contribution in [-0.4, -0.2) is 37.0 Å². The van der Waals surface area contributed by atoms with Gasteiger partial charge in [-0.1, -0.05) is 24.6 Å². The number of piperidine rings is 1. The van der Waals surface area contributed by atoms with Crippen LogP contribution >= 0.6 is 0 Å². The Morgan fingerprint density at radius 2 is 2.11 bits per heavy atom. The normalized spacial score (nSPS) is 20.6. The number of carbonyl (C=O) groups excluding carboxylic acids is 1. The van der Waals surface area contributed by atoms with Crippen molar-refractivity contribution in [1.82, 2.24) is 10.2 Å². The molecule has 1 saturated heterocycles. The molecule has 1 amide bonds. The molecule has 0 saturated carbocycles. The third-order valence-electron chi connectivity index (χ3n) is 3.72. The average Bonchev–Trinajstić information content (AvgIpc) is 2.42. The summed E-state index contributed by atoms with van der Waals surface area (Å²) >= 11 is 0. The number of rotatable bonds is 4. The third-order valence-corrected chi connectivity index (χ3v) is 3.72. The first kappa shape index (κ1) is 13.1. The molecule has 1 atom stereocenters. The van der Waals surface area contributed by atoms with Crippen LogP contribution in [0.3, 0.4) is 0 Å². The molecule has 1 N–H and O–H groups in total. The standard InChI is InChI=1S/C15H22N2O/c1-17-12-6-5-9-14(17)10-11-16-15(18)13-7-3-2-4-8-13/h2-4,7-8,14H,5-6,9-12H2,1H3,(H,16,18). The second kappa shape index (κ2) is 6.55. The second-order valence-electron chi connectivity index (χ2n) is 5.04. The molecule has 1 aromatic rings. The van der Waals surface area contributed by atoms with Crippen LogP contribution in [0.4, 0.5) is 0 Å². The van der Waals surface area contributed by atoms with Crippen LogP contribution in [0.2, 0.25) is 0 Å². The van der Waals surface area contributed by atoms with Gasteiger partial charge < -0.3 is 10.2 Å². The van der Waals surface area contributed by atoms with Gasteiger partial charge in [0.2, 0.25) is 0 Å². The van der Waals surface area contributed by atoms with E-state index in [-0.39, 0.29) is 5.91 Å². The van der Waals surface area contributed by atoms with Crippen LogP contribution in [0.5, 0.6) is 0 Å². The van der Waals surface area contributed by atoms with E-state index < -0.39 is 0 Å². The Hall–Kier alpha value is -1.35. The Balaban J connectivity index is 1.73. The smallest absolute Gasteiger partial charge is 0.251 e. The molecule has 1 aliphatic rings. The molecule has 0 bridgehead atoms. The molecule has 2 rings (SSSR count). The zero-order valence-corrected chi connectivity index (χ0v) is 11.1. The zero-order valence-electron chi connectivity index (χ0n) is 11.1. The average molecular weight is 246 g/mol. The molecule has 18 heavy (non-hydrogen) atoms. The van der Waals surface area contributed by atoms with E-state index in [0.717, 1.165) is 18.5 Å². The number of carbonyl (C=O) groups is 1. The summed E-state index contributed by atoms with van der Waals surface area (Å²) in [4.78, 5) is 14.3. The fourth-order valence-electron chi connectivity index (χ4n) is 2.55. The number of hydrogen-bond donors (Lipinski definition) is 1. The van der Waals surface area contributed by atoms with Gasteiger partial charge in [-0.05, 0) is 45.0 Å². The quantitative estimate of drug-likeness (QED) is 0.884. The van der Waals surface area contributed by atoms with E-state index in [9.17, 15) is 4.79 Å². The third kappa shape index (κ3) is 3.57. The number of nitrogens with zero attached hydrogens (tertiary/aromatic N) is 1. The summed E-state index contributed by atoms with van der Waals surface area (Å²) in [6, 6.07) is 10.0. The highest BCUT2D eigenvalue weighted by Gasteiger charge is 2.18. The molecule has 3 heteroatoms. The largest absolute Gasteiger partial charge is 0.352 e. The van der Waals surface area contributed by atoms with Gasteiger partial charge in [0, 0.05) is 18.2 Å². The lowest BCUT2D eigenvalue weighted by Gasteiger charge is -2.32. The van der Waals surface area contributed by atoms with Gasteiger partial charge >= 0.3 is 0 Å². The van der Waals surface area contributed by atoms with Gasteiger partial charge in [0.05, 0.1) is 0 Å². The van der Waals surface area contributed by atoms with E-state index in [4.69, 9.17) is 0 Å². The minimum Gasteiger partial charge on any atom is -0.352 e. The number of hydrogen-bond acceptors (Lipinski definition) is 2. The Bertz CT molecular complexity index is 377. The van der Waals surface area contributed by atoms with Crippen LogP contribution in [0.1, 0.15) is 36.0 Å². The molecule has 0 spiro atoms. The van der Waals surface area contributed by atoms with Gasteiger partial charge in [0.15, 0.2) is 0 Å². The second-order valence-corrected chi connectivity index (χ2v) is 5.04. The monoisotopic (exact) mass is 246 g/mol. The lowest BCUT2D eigenvalue weighted by Crippen LogP contribution is -2.39. The predicted molar refractivity (Wildman–Crippen MR) is 73.7 cm³/mol. The Morgan fingerprint density at radius 1 is 1.33 bits per heavy atom. The fourth-order valence-corrected chi connectivity index (χ4v) is 2.55. The molecule has 3 nitrogen and oxygen atoms in total. The maximum Gasteiger partial charge on any atom is 0.251 e. The predicted octanol–water partition coefficient (Wildman–Crippen LogP) is 2.29. The SMILES string of the molecule is CN1CCCCC1CCNC(=O)c1ccccc1. The maximum absolute atomic E-state index is 11.8. The van der Waals surface area contributed by atoms with E-state index in [1.165, 1.54) is 25.8 Å². The van der Waals surface area contributed by atoms with Crippen molar-refractivity contribution in [2.24, 2.45) is 0 Å². The van der Waals surface area contributed by atoms with Gasteiger partial charge in [-0.25, -0.2) is 0 Å². The van der Waals surface area contributed by atoms with Crippen molar-refractivity contribution >= 4 is 5.91 Å². The molecule has 1 heterocycles. The Kier molecular flexibility index (Phi) is 4.76. The summed E-state index contributed by atoms with van der Waals surface area (Å²) in [5.41, 5.74) is 0.745. The minimum atomic E-state index is 0.0362. The van der Waals surface area contributed by atoms with Gasteiger partial charge in [-0.2, -0.15) is 0 Å². The Morgan fingerprint density at radius 3 is 2.83 bits per heavy atom. The zero-order chi connectivity index (χ0) is 12.8. The molecule has 1 unspecified atom stereocenters. The molecule has 1 fully saturated rings. The van der Waals surface area contributed by atoms with E-state index >= 15 is 0 Å². The van der Waals surface area contributed by atoms with Crippen LogP contribution in [0.15, 0.2) is 30.3 Å².